The van der Waals surface area contributed by atoms with Gasteiger partial charge in [0, 0.05) is 93.8 Å². The highest BCUT2D eigenvalue weighted by Gasteiger charge is 2.17. The number of carbonyl (C=O) groups is 6. The number of carbonyl (C=O) groups excluding carboxylic acids is 6. The number of rotatable bonds is 24. The van der Waals surface area contributed by atoms with E-state index in [1.54, 1.807) is 32.6 Å². The van der Waals surface area contributed by atoms with Crippen molar-refractivity contribution in [3.63, 3.8) is 0 Å². The maximum atomic E-state index is 13.3. The number of ketones is 3. The molecular weight excluding hydrogens is 696 g/mol. The van der Waals surface area contributed by atoms with E-state index in [2.05, 4.69) is 46.9 Å². The topological polar surface area (TPSA) is 231 Å². The molecule has 3 aromatic heterocycles. The number of aromatic nitrogens is 9. The van der Waals surface area contributed by atoms with E-state index < -0.39 is 17.7 Å². The molecule has 18 heteroatoms. The third kappa shape index (κ3) is 14.2. The Kier molecular flexibility index (Phi) is 15.8. The van der Waals surface area contributed by atoms with Crippen LogP contribution in [0.15, 0.2) is 36.8 Å². The minimum absolute atomic E-state index is 0.0791. The van der Waals surface area contributed by atoms with Crippen LogP contribution < -0.4 is 16.0 Å². The maximum absolute atomic E-state index is 13.3. The number of amides is 3. The van der Waals surface area contributed by atoms with Crippen LogP contribution in [0.25, 0.3) is 0 Å². The number of Topliss-reactive ketones (excluding diaryl/α,β-unsaturated/α-hetero) is 3. The summed E-state index contributed by atoms with van der Waals surface area (Å²) in [5.41, 5.74) is 2.62. The Morgan fingerprint density at radius 3 is 1.02 bits per heavy atom. The third-order valence-electron chi connectivity index (χ3n) is 8.23. The van der Waals surface area contributed by atoms with E-state index in [1.807, 2.05) is 0 Å². The fourth-order valence-electron chi connectivity index (χ4n) is 5.26. The molecule has 0 saturated heterocycles. The summed E-state index contributed by atoms with van der Waals surface area (Å²) in [4.78, 5) is 73.5. The highest BCUT2D eigenvalue weighted by molar-refractivity contribution is 6.04. The number of hydrogen-bond donors (Lipinski definition) is 3. The predicted octanol–water partition coefficient (Wildman–Crippen LogP) is 1.49. The van der Waals surface area contributed by atoms with Crippen LogP contribution in [-0.4, -0.2) is 99.7 Å². The molecule has 0 spiro atoms. The lowest BCUT2D eigenvalue weighted by Crippen LogP contribution is -2.30. The standard InChI is InChI=1S/C36H48N12O6/c1-25(49)7-10-31-22-46(43-40-31)16-4-13-37-34(52)28-19-29(35(53)38-14-5-17-47-23-32(41-44-47)11-8-26(2)50)21-30(20-28)36(54)39-15-6-18-48-24-33(42-45-48)12-9-27(3)51/h19-24H,4-18H2,1-3H3,(H,37,52)(H,38,53)(H,39,54). The molecule has 0 aliphatic rings. The van der Waals surface area contributed by atoms with Gasteiger partial charge in [-0.15, -0.1) is 15.3 Å². The first-order valence-corrected chi connectivity index (χ1v) is 18.1. The van der Waals surface area contributed by atoms with Crippen LogP contribution in [0.5, 0.6) is 0 Å². The van der Waals surface area contributed by atoms with E-state index in [9.17, 15) is 28.8 Å². The van der Waals surface area contributed by atoms with Gasteiger partial charge in [-0.1, -0.05) is 15.6 Å². The minimum Gasteiger partial charge on any atom is -0.352 e. The number of aryl methyl sites for hydroxylation is 6. The van der Waals surface area contributed by atoms with Crippen molar-refractivity contribution in [2.45, 2.75) is 98.2 Å². The van der Waals surface area contributed by atoms with Gasteiger partial charge in [-0.3, -0.25) is 28.4 Å². The summed E-state index contributed by atoms with van der Waals surface area (Å²) in [5.74, 6) is -1.10. The second-order valence-corrected chi connectivity index (χ2v) is 13.2. The Hall–Kier alpha value is -5.94. The lowest BCUT2D eigenvalue weighted by Gasteiger charge is -2.12. The Morgan fingerprint density at radius 2 is 0.759 bits per heavy atom. The molecule has 0 fully saturated rings. The average Bonchev–Trinajstić information content (AvgIpc) is 3.92. The van der Waals surface area contributed by atoms with E-state index in [4.69, 9.17) is 0 Å². The number of benzene rings is 1. The molecule has 0 saturated carbocycles. The van der Waals surface area contributed by atoms with Crippen LogP contribution in [0.1, 0.15) is 107 Å². The molecule has 4 rings (SSSR count). The average molecular weight is 745 g/mol. The lowest BCUT2D eigenvalue weighted by atomic mass is 10.0. The summed E-state index contributed by atoms with van der Waals surface area (Å²) in [5, 5.41) is 33.0. The smallest absolute Gasteiger partial charge is 0.251 e. The van der Waals surface area contributed by atoms with Gasteiger partial charge in [-0.25, -0.2) is 0 Å². The summed E-state index contributed by atoms with van der Waals surface area (Å²) >= 11 is 0. The molecule has 0 bridgehead atoms. The summed E-state index contributed by atoms with van der Waals surface area (Å²) < 4.78 is 4.96. The molecule has 0 radical (unpaired) electrons. The molecule has 0 aliphatic carbocycles. The van der Waals surface area contributed by atoms with Crippen molar-refractivity contribution >= 4 is 35.1 Å². The minimum atomic E-state index is -0.446. The highest BCUT2D eigenvalue weighted by atomic mass is 16.2. The van der Waals surface area contributed by atoms with Crippen molar-refractivity contribution in [2.75, 3.05) is 19.6 Å². The summed E-state index contributed by atoms with van der Waals surface area (Å²) in [7, 11) is 0. The molecule has 3 N–H and O–H groups in total. The molecule has 0 aliphatic heterocycles. The molecule has 0 atom stereocenters. The Balaban J connectivity index is 1.33. The van der Waals surface area contributed by atoms with E-state index >= 15 is 0 Å². The van der Waals surface area contributed by atoms with E-state index in [1.165, 1.54) is 39.0 Å². The Bertz CT molecular complexity index is 1690. The monoisotopic (exact) mass is 744 g/mol. The SMILES string of the molecule is CC(=O)CCc1cn(CCCNC(=O)c2cc(C(=O)NCCCn3cc(CCC(C)=O)nn3)cc(C(=O)NCCCn3cc(CCC(C)=O)nn3)c2)nn1. The molecule has 4 aromatic rings. The summed E-state index contributed by atoms with van der Waals surface area (Å²) in [6.07, 6.45) is 9.70. The van der Waals surface area contributed by atoms with Gasteiger partial charge in [0.2, 0.25) is 0 Å². The molecular formula is C36H48N12O6. The van der Waals surface area contributed by atoms with Gasteiger partial charge < -0.3 is 30.3 Å². The largest absolute Gasteiger partial charge is 0.352 e. The molecule has 18 nitrogen and oxygen atoms in total. The van der Waals surface area contributed by atoms with Crippen molar-refractivity contribution in [3.05, 3.63) is 70.6 Å². The second kappa shape index (κ2) is 20.9. The van der Waals surface area contributed by atoms with E-state index in [-0.39, 0.29) is 34.0 Å². The zero-order chi connectivity index (χ0) is 38.9. The van der Waals surface area contributed by atoms with Crippen molar-refractivity contribution < 1.29 is 28.8 Å². The Labute approximate surface area is 312 Å². The van der Waals surface area contributed by atoms with Gasteiger partial charge >= 0.3 is 0 Å². The zero-order valence-electron chi connectivity index (χ0n) is 31.0. The number of hydrogen-bond acceptors (Lipinski definition) is 12. The van der Waals surface area contributed by atoms with Gasteiger partial charge in [-0.2, -0.15) is 0 Å². The van der Waals surface area contributed by atoms with Crippen LogP contribution in [0.4, 0.5) is 0 Å². The number of nitrogens with one attached hydrogen (secondary N) is 3. The molecule has 54 heavy (non-hydrogen) atoms. The maximum Gasteiger partial charge on any atom is 0.251 e. The highest BCUT2D eigenvalue weighted by Crippen LogP contribution is 2.12. The van der Waals surface area contributed by atoms with Gasteiger partial charge in [0.05, 0.1) is 17.1 Å². The Morgan fingerprint density at radius 1 is 0.481 bits per heavy atom. The van der Waals surface area contributed by atoms with Crippen LogP contribution in [0, 0.1) is 0 Å². The first-order chi connectivity index (χ1) is 25.9. The first kappa shape index (κ1) is 40.8. The van der Waals surface area contributed by atoms with Gasteiger partial charge in [0.1, 0.15) is 17.3 Å². The summed E-state index contributed by atoms with van der Waals surface area (Å²) in [6.45, 7) is 6.97. The van der Waals surface area contributed by atoms with Crippen LogP contribution in [0.2, 0.25) is 0 Å². The van der Waals surface area contributed by atoms with Crippen molar-refractivity contribution in [2.24, 2.45) is 0 Å². The fraction of sp³-hybridized carbons (Fsp3) is 0.500. The van der Waals surface area contributed by atoms with Gasteiger partial charge in [0.15, 0.2) is 0 Å². The van der Waals surface area contributed by atoms with Gasteiger partial charge in [-0.05, 0) is 77.5 Å². The molecule has 3 amide bonds. The van der Waals surface area contributed by atoms with Crippen LogP contribution in [0.3, 0.4) is 0 Å². The predicted molar refractivity (Wildman–Crippen MR) is 194 cm³/mol. The first-order valence-electron chi connectivity index (χ1n) is 18.1. The summed E-state index contributed by atoms with van der Waals surface area (Å²) in [6, 6.07) is 4.36. The van der Waals surface area contributed by atoms with E-state index in [0.717, 1.165) is 17.1 Å². The van der Waals surface area contributed by atoms with Crippen molar-refractivity contribution in [1.29, 1.82) is 0 Å². The van der Waals surface area contributed by atoms with Gasteiger partial charge in [0.25, 0.3) is 17.7 Å². The molecule has 1 aromatic carbocycles. The van der Waals surface area contributed by atoms with Crippen molar-refractivity contribution in [3.8, 4) is 0 Å². The zero-order valence-corrected chi connectivity index (χ0v) is 31.0. The quantitative estimate of drug-likeness (QED) is 0.0867. The van der Waals surface area contributed by atoms with Crippen LogP contribution in [-0.2, 0) is 53.3 Å². The second-order valence-electron chi connectivity index (χ2n) is 13.2. The van der Waals surface area contributed by atoms with Crippen molar-refractivity contribution in [1.82, 2.24) is 60.9 Å². The lowest BCUT2D eigenvalue weighted by molar-refractivity contribution is -0.117. The molecule has 288 valence electrons. The normalized spacial score (nSPS) is 10.9. The third-order valence-corrected chi connectivity index (χ3v) is 8.23. The molecule has 3 heterocycles. The van der Waals surface area contributed by atoms with E-state index in [0.29, 0.717) is 97.1 Å². The fourth-order valence-corrected chi connectivity index (χ4v) is 5.26. The number of nitrogens with zero attached hydrogens (tertiary/aromatic N) is 9. The molecule has 0 unspecified atom stereocenters. The van der Waals surface area contributed by atoms with Crippen LogP contribution >= 0.6 is 0 Å².